The van der Waals surface area contributed by atoms with Crippen LogP contribution in [0.5, 0.6) is 5.75 Å². The molecule has 3 heteroatoms. The standard InChI is InChI=1S/C15H19NO2/c17-10-12-4-3-7-16(8-12)9-13-11-18-15-6-2-1-5-14(13)15/h1-2,5-6,10,12-13H,3-4,7-9,11H2. The number of nitrogens with zero attached hydrogens (tertiary/aromatic N) is 1. The number of benzene rings is 1. The van der Waals surface area contributed by atoms with E-state index in [2.05, 4.69) is 17.0 Å². The highest BCUT2D eigenvalue weighted by Gasteiger charge is 2.28. The first-order valence-electron chi connectivity index (χ1n) is 6.76. The van der Waals surface area contributed by atoms with Crippen molar-refractivity contribution in [2.45, 2.75) is 18.8 Å². The molecule has 0 aliphatic carbocycles. The molecule has 1 aromatic carbocycles. The number of carbonyl (C=O) groups is 1. The van der Waals surface area contributed by atoms with Gasteiger partial charge in [0.1, 0.15) is 12.0 Å². The monoisotopic (exact) mass is 245 g/mol. The third kappa shape index (κ3) is 2.27. The number of fused-ring (bicyclic) bond motifs is 1. The van der Waals surface area contributed by atoms with E-state index >= 15 is 0 Å². The summed E-state index contributed by atoms with van der Waals surface area (Å²) in [7, 11) is 0. The molecule has 0 amide bonds. The molecule has 96 valence electrons. The third-order valence-corrected chi connectivity index (χ3v) is 4.01. The van der Waals surface area contributed by atoms with Crippen molar-refractivity contribution in [1.29, 1.82) is 0 Å². The van der Waals surface area contributed by atoms with Crippen LogP contribution >= 0.6 is 0 Å². The average molecular weight is 245 g/mol. The lowest BCUT2D eigenvalue weighted by atomic mass is 9.96. The van der Waals surface area contributed by atoms with Crippen molar-refractivity contribution in [3.05, 3.63) is 29.8 Å². The number of para-hydroxylation sites is 1. The van der Waals surface area contributed by atoms with Crippen LogP contribution in [0.3, 0.4) is 0 Å². The first-order chi connectivity index (χ1) is 8.86. The van der Waals surface area contributed by atoms with E-state index in [-0.39, 0.29) is 5.92 Å². The Labute approximate surface area is 108 Å². The molecule has 2 aliphatic heterocycles. The zero-order chi connectivity index (χ0) is 12.4. The summed E-state index contributed by atoms with van der Waals surface area (Å²) in [6.07, 6.45) is 3.31. The number of likely N-dealkylation sites (tertiary alicyclic amines) is 1. The number of carbonyl (C=O) groups excluding carboxylic acids is 1. The molecular weight excluding hydrogens is 226 g/mol. The van der Waals surface area contributed by atoms with Crippen LogP contribution < -0.4 is 4.74 Å². The summed E-state index contributed by atoms with van der Waals surface area (Å²) in [6, 6.07) is 8.30. The number of hydrogen-bond donors (Lipinski definition) is 0. The molecule has 0 radical (unpaired) electrons. The third-order valence-electron chi connectivity index (χ3n) is 4.01. The largest absolute Gasteiger partial charge is 0.493 e. The van der Waals surface area contributed by atoms with Crippen molar-refractivity contribution >= 4 is 6.29 Å². The molecule has 3 nitrogen and oxygen atoms in total. The SMILES string of the molecule is O=CC1CCCN(CC2COc3ccccc32)C1. The van der Waals surface area contributed by atoms with Gasteiger partial charge in [-0.15, -0.1) is 0 Å². The summed E-state index contributed by atoms with van der Waals surface area (Å²) in [4.78, 5) is 13.3. The van der Waals surface area contributed by atoms with Crippen LogP contribution in [0.4, 0.5) is 0 Å². The number of hydrogen-bond acceptors (Lipinski definition) is 3. The normalized spacial score (nSPS) is 27.6. The van der Waals surface area contributed by atoms with Crippen LogP contribution in [0.25, 0.3) is 0 Å². The Hall–Kier alpha value is -1.35. The fourth-order valence-electron chi connectivity index (χ4n) is 3.06. The maximum Gasteiger partial charge on any atom is 0.124 e. The van der Waals surface area contributed by atoms with Crippen LogP contribution in [0.15, 0.2) is 24.3 Å². The Balaban J connectivity index is 1.65. The highest BCUT2D eigenvalue weighted by Crippen LogP contribution is 2.34. The van der Waals surface area contributed by atoms with Crippen molar-refractivity contribution in [3.8, 4) is 5.75 Å². The molecule has 2 unspecified atom stereocenters. The molecule has 2 heterocycles. The zero-order valence-electron chi connectivity index (χ0n) is 10.5. The van der Waals surface area contributed by atoms with Gasteiger partial charge >= 0.3 is 0 Å². The maximum atomic E-state index is 10.9. The van der Waals surface area contributed by atoms with Gasteiger partial charge in [-0.1, -0.05) is 18.2 Å². The molecule has 3 rings (SSSR count). The van der Waals surface area contributed by atoms with Crippen LogP contribution in [0.1, 0.15) is 24.3 Å². The molecule has 0 spiro atoms. The molecule has 18 heavy (non-hydrogen) atoms. The van der Waals surface area contributed by atoms with Crippen molar-refractivity contribution in [3.63, 3.8) is 0 Å². The van der Waals surface area contributed by atoms with E-state index in [9.17, 15) is 4.79 Å². The molecule has 1 aromatic rings. The van der Waals surface area contributed by atoms with Crippen molar-refractivity contribution in [2.24, 2.45) is 5.92 Å². The first kappa shape index (κ1) is 11.7. The number of ether oxygens (including phenoxy) is 1. The van der Waals surface area contributed by atoms with Gasteiger partial charge in [0.2, 0.25) is 0 Å². The second-order valence-electron chi connectivity index (χ2n) is 5.34. The average Bonchev–Trinajstić information content (AvgIpc) is 2.83. The number of aldehydes is 1. The summed E-state index contributed by atoms with van der Waals surface area (Å²) in [6.45, 7) is 3.83. The topological polar surface area (TPSA) is 29.5 Å². The highest BCUT2D eigenvalue weighted by molar-refractivity contribution is 5.54. The minimum atomic E-state index is 0.233. The minimum absolute atomic E-state index is 0.233. The molecule has 1 fully saturated rings. The second kappa shape index (κ2) is 5.11. The Morgan fingerprint density at radius 1 is 1.39 bits per heavy atom. The van der Waals surface area contributed by atoms with Crippen LogP contribution in [0, 0.1) is 5.92 Å². The summed E-state index contributed by atoms with van der Waals surface area (Å²) in [5.41, 5.74) is 1.32. The van der Waals surface area contributed by atoms with Gasteiger partial charge in [-0.05, 0) is 25.5 Å². The predicted octanol–water partition coefficient (Wildman–Crippen LogP) is 2.07. The van der Waals surface area contributed by atoms with Crippen LogP contribution in [-0.2, 0) is 4.79 Å². The summed E-state index contributed by atoms with van der Waals surface area (Å²) >= 11 is 0. The summed E-state index contributed by atoms with van der Waals surface area (Å²) in [5, 5.41) is 0. The highest BCUT2D eigenvalue weighted by atomic mass is 16.5. The molecular formula is C15H19NO2. The van der Waals surface area contributed by atoms with Gasteiger partial charge < -0.3 is 14.4 Å². The van der Waals surface area contributed by atoms with E-state index < -0.39 is 0 Å². The van der Waals surface area contributed by atoms with Crippen molar-refractivity contribution in [1.82, 2.24) is 4.90 Å². The fraction of sp³-hybridized carbons (Fsp3) is 0.533. The fourth-order valence-corrected chi connectivity index (χ4v) is 3.06. The van der Waals surface area contributed by atoms with E-state index in [1.807, 2.05) is 12.1 Å². The molecule has 1 saturated heterocycles. The van der Waals surface area contributed by atoms with Gasteiger partial charge in [0, 0.05) is 30.5 Å². The minimum Gasteiger partial charge on any atom is -0.493 e. The van der Waals surface area contributed by atoms with Crippen LogP contribution in [0.2, 0.25) is 0 Å². The van der Waals surface area contributed by atoms with Crippen molar-refractivity contribution < 1.29 is 9.53 Å². The lowest BCUT2D eigenvalue weighted by molar-refractivity contribution is -0.112. The summed E-state index contributed by atoms with van der Waals surface area (Å²) < 4.78 is 5.71. The maximum absolute atomic E-state index is 10.9. The van der Waals surface area contributed by atoms with E-state index in [0.717, 1.165) is 51.1 Å². The number of piperidine rings is 1. The predicted molar refractivity (Wildman–Crippen MR) is 69.9 cm³/mol. The van der Waals surface area contributed by atoms with Crippen molar-refractivity contribution in [2.75, 3.05) is 26.2 Å². The van der Waals surface area contributed by atoms with Gasteiger partial charge in [-0.3, -0.25) is 0 Å². The van der Waals surface area contributed by atoms with Gasteiger partial charge in [0.05, 0.1) is 6.61 Å². The second-order valence-corrected chi connectivity index (χ2v) is 5.34. The van der Waals surface area contributed by atoms with Crippen LogP contribution in [-0.4, -0.2) is 37.4 Å². The molecule has 2 atom stereocenters. The Kier molecular flexibility index (Phi) is 3.33. The quantitative estimate of drug-likeness (QED) is 0.764. The summed E-state index contributed by atoms with van der Waals surface area (Å²) in [5.74, 6) is 1.73. The van der Waals surface area contributed by atoms with Gasteiger partial charge in [0.25, 0.3) is 0 Å². The first-order valence-corrected chi connectivity index (χ1v) is 6.76. The Morgan fingerprint density at radius 2 is 2.28 bits per heavy atom. The van der Waals surface area contributed by atoms with Gasteiger partial charge in [0.15, 0.2) is 0 Å². The smallest absolute Gasteiger partial charge is 0.124 e. The number of rotatable bonds is 3. The molecule has 0 bridgehead atoms. The Morgan fingerprint density at radius 3 is 3.17 bits per heavy atom. The van der Waals surface area contributed by atoms with E-state index in [4.69, 9.17) is 4.74 Å². The zero-order valence-corrected chi connectivity index (χ0v) is 10.5. The van der Waals surface area contributed by atoms with E-state index in [0.29, 0.717) is 5.92 Å². The lowest BCUT2D eigenvalue weighted by Gasteiger charge is -2.31. The molecule has 2 aliphatic rings. The van der Waals surface area contributed by atoms with Gasteiger partial charge in [-0.2, -0.15) is 0 Å². The molecule has 0 aromatic heterocycles. The Bertz CT molecular complexity index is 432. The molecule has 0 N–H and O–H groups in total. The van der Waals surface area contributed by atoms with E-state index in [1.165, 1.54) is 5.56 Å². The lowest BCUT2D eigenvalue weighted by Crippen LogP contribution is -2.38. The molecule has 0 saturated carbocycles. The van der Waals surface area contributed by atoms with Gasteiger partial charge in [-0.25, -0.2) is 0 Å². The van der Waals surface area contributed by atoms with E-state index in [1.54, 1.807) is 0 Å².